The molecular formula is C17H20F3N5. The van der Waals surface area contributed by atoms with Crippen LogP contribution in [0, 0.1) is 5.41 Å². The van der Waals surface area contributed by atoms with E-state index in [1.165, 1.54) is 12.4 Å². The number of nitrogen functional groups attached to an aromatic ring is 1. The van der Waals surface area contributed by atoms with Gasteiger partial charge in [-0.3, -0.25) is 0 Å². The smallest absolute Gasteiger partial charge is 0.383 e. The fraction of sp³-hybridized carbons (Fsp3) is 0.471. The zero-order valence-corrected chi connectivity index (χ0v) is 14.1. The molecule has 134 valence electrons. The van der Waals surface area contributed by atoms with Crippen molar-refractivity contribution in [2.24, 2.45) is 5.41 Å². The van der Waals surface area contributed by atoms with E-state index in [4.69, 9.17) is 5.73 Å². The lowest BCUT2D eigenvalue weighted by Crippen LogP contribution is -2.11. The van der Waals surface area contributed by atoms with E-state index >= 15 is 0 Å². The maximum absolute atomic E-state index is 13.6. The maximum Gasteiger partial charge on any atom is 0.435 e. The van der Waals surface area contributed by atoms with Crippen LogP contribution in [0.15, 0.2) is 24.5 Å². The van der Waals surface area contributed by atoms with Crippen molar-refractivity contribution in [3.05, 3.63) is 35.8 Å². The minimum atomic E-state index is -4.61. The van der Waals surface area contributed by atoms with Gasteiger partial charge in [-0.1, -0.05) is 19.9 Å². The molecule has 3 rings (SSSR count). The highest BCUT2D eigenvalue weighted by atomic mass is 19.4. The number of nitrogens with two attached hydrogens (primary N) is 1. The Hall–Kier alpha value is -2.38. The summed E-state index contributed by atoms with van der Waals surface area (Å²) in [5.41, 5.74) is 5.72. The van der Waals surface area contributed by atoms with E-state index in [9.17, 15) is 13.2 Å². The Bertz CT molecular complexity index is 791. The molecule has 25 heavy (non-hydrogen) atoms. The lowest BCUT2D eigenvalue weighted by molar-refractivity contribution is -0.141. The monoisotopic (exact) mass is 351 g/mol. The van der Waals surface area contributed by atoms with Crippen LogP contribution in [0.2, 0.25) is 0 Å². The van der Waals surface area contributed by atoms with Gasteiger partial charge in [0.2, 0.25) is 0 Å². The fourth-order valence-electron chi connectivity index (χ4n) is 3.06. The molecule has 2 heterocycles. The Labute approximate surface area is 143 Å². The summed E-state index contributed by atoms with van der Waals surface area (Å²) in [6.07, 6.45) is 3.08. The van der Waals surface area contributed by atoms with Crippen molar-refractivity contribution in [2.45, 2.75) is 45.7 Å². The fourth-order valence-corrected chi connectivity index (χ4v) is 3.06. The van der Waals surface area contributed by atoms with Crippen molar-refractivity contribution in [3.63, 3.8) is 0 Å². The number of aromatic nitrogens is 4. The summed E-state index contributed by atoms with van der Waals surface area (Å²) in [7, 11) is 0. The summed E-state index contributed by atoms with van der Waals surface area (Å²) in [5.74, 6) is -0.0595. The zero-order chi connectivity index (χ0) is 18.2. The van der Waals surface area contributed by atoms with E-state index < -0.39 is 11.9 Å². The normalized spacial score (nSPS) is 17.9. The van der Waals surface area contributed by atoms with Crippen LogP contribution < -0.4 is 5.73 Å². The molecule has 0 bridgehead atoms. The summed E-state index contributed by atoms with van der Waals surface area (Å²) < 4.78 is 41.7. The van der Waals surface area contributed by atoms with Crippen LogP contribution in [0.1, 0.15) is 50.8 Å². The Morgan fingerprint density at radius 2 is 1.84 bits per heavy atom. The molecular weight excluding hydrogens is 331 g/mol. The molecule has 0 saturated heterocycles. The number of hydrogen-bond acceptors (Lipinski definition) is 4. The minimum Gasteiger partial charge on any atom is -0.383 e. The van der Waals surface area contributed by atoms with Gasteiger partial charge in [-0.05, 0) is 42.7 Å². The topological polar surface area (TPSA) is 69.6 Å². The van der Waals surface area contributed by atoms with Crippen molar-refractivity contribution in [1.82, 2.24) is 19.7 Å². The molecule has 5 nitrogen and oxygen atoms in total. The first-order valence-corrected chi connectivity index (χ1v) is 8.11. The van der Waals surface area contributed by atoms with Crippen LogP contribution in [0.3, 0.4) is 0 Å². The second-order valence-corrected chi connectivity index (χ2v) is 7.00. The number of anilines is 1. The molecule has 1 aliphatic carbocycles. The summed E-state index contributed by atoms with van der Waals surface area (Å²) in [6, 6.07) is 1.57. The van der Waals surface area contributed by atoms with E-state index in [-0.39, 0.29) is 22.7 Å². The molecule has 0 atom stereocenters. The van der Waals surface area contributed by atoms with E-state index in [1.54, 1.807) is 6.07 Å². The molecule has 0 saturated carbocycles. The zero-order valence-electron chi connectivity index (χ0n) is 14.1. The first-order chi connectivity index (χ1) is 11.7. The summed E-state index contributed by atoms with van der Waals surface area (Å²) in [6.45, 7) is 4.25. The molecule has 0 amide bonds. The molecule has 0 radical (unpaired) electrons. The third-order valence-electron chi connectivity index (χ3n) is 4.54. The third kappa shape index (κ3) is 3.52. The molecule has 2 aromatic heterocycles. The van der Waals surface area contributed by atoms with Crippen molar-refractivity contribution >= 4 is 11.4 Å². The van der Waals surface area contributed by atoms with Gasteiger partial charge < -0.3 is 5.73 Å². The molecule has 0 fully saturated rings. The number of rotatable bonds is 2. The maximum atomic E-state index is 13.6. The largest absolute Gasteiger partial charge is 0.435 e. The van der Waals surface area contributed by atoms with Crippen molar-refractivity contribution in [3.8, 4) is 5.95 Å². The summed E-state index contributed by atoms with van der Waals surface area (Å²) in [4.78, 5) is 7.91. The lowest BCUT2D eigenvalue weighted by Gasteiger charge is -2.21. The molecule has 2 N–H and O–H groups in total. The summed E-state index contributed by atoms with van der Waals surface area (Å²) in [5, 5.41) is 3.69. The van der Waals surface area contributed by atoms with E-state index in [0.29, 0.717) is 18.4 Å². The molecule has 0 unspecified atom stereocenters. The van der Waals surface area contributed by atoms with Gasteiger partial charge in [0.1, 0.15) is 5.82 Å². The van der Waals surface area contributed by atoms with E-state index in [1.807, 2.05) is 6.08 Å². The average molecular weight is 351 g/mol. The second kappa shape index (κ2) is 6.16. The number of halogens is 3. The lowest BCUT2D eigenvalue weighted by atomic mass is 9.84. The van der Waals surface area contributed by atoms with E-state index in [0.717, 1.165) is 17.5 Å². The van der Waals surface area contributed by atoms with Gasteiger partial charge in [-0.15, -0.1) is 0 Å². The third-order valence-corrected chi connectivity index (χ3v) is 4.54. The Balaban J connectivity index is 2.12. The highest BCUT2D eigenvalue weighted by Gasteiger charge is 2.40. The van der Waals surface area contributed by atoms with Gasteiger partial charge in [0.25, 0.3) is 5.95 Å². The van der Waals surface area contributed by atoms with Crippen LogP contribution in [0.25, 0.3) is 11.5 Å². The molecule has 1 aliphatic rings. The number of hydrogen-bond donors (Lipinski definition) is 1. The molecule has 2 aromatic rings. The quantitative estimate of drug-likeness (QED) is 0.878. The molecule has 0 aliphatic heterocycles. The summed E-state index contributed by atoms with van der Waals surface area (Å²) >= 11 is 0. The highest BCUT2D eigenvalue weighted by molar-refractivity contribution is 5.76. The molecule has 0 aromatic carbocycles. The first kappa shape index (κ1) is 17.4. The van der Waals surface area contributed by atoms with Crippen LogP contribution in [0.5, 0.6) is 0 Å². The van der Waals surface area contributed by atoms with Crippen LogP contribution in [0.4, 0.5) is 19.0 Å². The first-order valence-electron chi connectivity index (χ1n) is 8.11. The van der Waals surface area contributed by atoms with Gasteiger partial charge in [-0.25, -0.2) is 9.97 Å². The highest BCUT2D eigenvalue weighted by Crippen LogP contribution is 2.43. The number of nitrogens with zero attached hydrogens (tertiary/aromatic N) is 4. The Kier molecular flexibility index (Phi) is 4.30. The van der Waals surface area contributed by atoms with Crippen molar-refractivity contribution in [1.29, 1.82) is 0 Å². The van der Waals surface area contributed by atoms with Gasteiger partial charge in [0, 0.05) is 12.4 Å². The van der Waals surface area contributed by atoms with Crippen LogP contribution in [-0.2, 0) is 6.18 Å². The minimum absolute atomic E-state index is 0.0197. The van der Waals surface area contributed by atoms with Crippen LogP contribution >= 0.6 is 0 Å². The number of allylic oxidation sites excluding steroid dienone is 2. The standard InChI is InChI=1S/C17H20F3N5/c1-16(2)7-3-5-11(6-8-16)12-13(17(18,19)20)24-25(14(12)21)15-22-9-4-10-23-15/h4-5,9-10H,3,6-8,21H2,1-2H3. The average Bonchev–Trinajstić information content (AvgIpc) is 2.78. The van der Waals surface area contributed by atoms with E-state index in [2.05, 4.69) is 28.9 Å². The predicted molar refractivity (Wildman–Crippen MR) is 88.8 cm³/mol. The SMILES string of the molecule is CC1(C)CCC=C(c2c(C(F)(F)F)nn(-c3ncccn3)c2N)CC1. The van der Waals surface area contributed by atoms with Gasteiger partial charge in [-0.2, -0.15) is 23.0 Å². The van der Waals surface area contributed by atoms with Gasteiger partial charge in [0.05, 0.1) is 5.56 Å². The number of alkyl halides is 3. The Morgan fingerprint density at radius 3 is 2.48 bits per heavy atom. The molecule has 0 spiro atoms. The van der Waals surface area contributed by atoms with Crippen LogP contribution in [-0.4, -0.2) is 19.7 Å². The Morgan fingerprint density at radius 1 is 1.16 bits per heavy atom. The van der Waals surface area contributed by atoms with Crippen molar-refractivity contribution < 1.29 is 13.2 Å². The second-order valence-electron chi connectivity index (χ2n) is 7.00. The predicted octanol–water partition coefficient (Wildman–Crippen LogP) is 4.25. The van der Waals surface area contributed by atoms with Gasteiger partial charge in [0.15, 0.2) is 5.69 Å². The van der Waals surface area contributed by atoms with Crippen molar-refractivity contribution in [2.75, 3.05) is 5.73 Å². The molecule has 8 heteroatoms. The van der Waals surface area contributed by atoms with Gasteiger partial charge >= 0.3 is 6.18 Å².